The number of hydrogen-bond donors (Lipinski definition) is 1. The van der Waals surface area contributed by atoms with Gasteiger partial charge in [0.1, 0.15) is 9.88 Å². The summed E-state index contributed by atoms with van der Waals surface area (Å²) in [5.41, 5.74) is 3.08. The molecule has 1 aromatic heterocycles. The minimum atomic E-state index is -0.848. The number of carbonyl (C=O) groups is 1. The zero-order valence-corrected chi connectivity index (χ0v) is 11.5. The van der Waals surface area contributed by atoms with E-state index in [4.69, 9.17) is 0 Å². The van der Waals surface area contributed by atoms with Crippen LogP contribution in [0.25, 0.3) is 10.6 Å². The van der Waals surface area contributed by atoms with Crippen LogP contribution in [0.15, 0.2) is 24.3 Å². The van der Waals surface area contributed by atoms with Crippen molar-refractivity contribution in [2.45, 2.75) is 32.1 Å². The molecule has 0 atom stereocenters. The first-order valence-corrected chi connectivity index (χ1v) is 7.34. The van der Waals surface area contributed by atoms with E-state index >= 15 is 0 Å². The van der Waals surface area contributed by atoms with E-state index in [2.05, 4.69) is 18.0 Å². The van der Waals surface area contributed by atoms with Crippen LogP contribution in [0.5, 0.6) is 0 Å². The maximum atomic E-state index is 11.3. The summed E-state index contributed by atoms with van der Waals surface area (Å²) in [5.74, 6) is -0.482. The molecule has 0 aliphatic heterocycles. The number of hydrogen-bond acceptors (Lipinski definition) is 3. The van der Waals surface area contributed by atoms with Crippen molar-refractivity contribution >= 4 is 17.3 Å². The second-order valence-electron chi connectivity index (χ2n) is 4.82. The van der Waals surface area contributed by atoms with Crippen molar-refractivity contribution in [2.75, 3.05) is 0 Å². The molecule has 0 spiro atoms. The molecule has 3 rings (SSSR count). The van der Waals surface area contributed by atoms with Gasteiger partial charge in [-0.05, 0) is 24.8 Å². The predicted molar refractivity (Wildman–Crippen MR) is 75.9 cm³/mol. The number of carboxylic acids is 1. The summed E-state index contributed by atoms with van der Waals surface area (Å²) in [5, 5.41) is 10.1. The Hall–Kier alpha value is -1.68. The summed E-state index contributed by atoms with van der Waals surface area (Å²) < 4.78 is 0. The van der Waals surface area contributed by atoms with Crippen LogP contribution in [0.4, 0.5) is 0 Å². The van der Waals surface area contributed by atoms with Crippen LogP contribution in [0.3, 0.4) is 0 Å². The smallest absolute Gasteiger partial charge is 0.347 e. The Morgan fingerprint density at radius 3 is 2.79 bits per heavy atom. The maximum absolute atomic E-state index is 11.3. The predicted octanol–water partition coefficient (Wildman–Crippen LogP) is 3.95. The van der Waals surface area contributed by atoms with E-state index in [-0.39, 0.29) is 0 Å². The van der Waals surface area contributed by atoms with Gasteiger partial charge in [0.2, 0.25) is 0 Å². The van der Waals surface area contributed by atoms with E-state index in [1.54, 1.807) is 0 Å². The van der Waals surface area contributed by atoms with Crippen molar-refractivity contribution in [1.29, 1.82) is 0 Å². The molecule has 0 radical (unpaired) electrons. The Labute approximate surface area is 115 Å². The normalized spacial score (nSPS) is 14.6. The number of carboxylic acid groups (broad SMARTS) is 1. The molecule has 2 aromatic rings. The highest BCUT2D eigenvalue weighted by atomic mass is 32.1. The summed E-state index contributed by atoms with van der Waals surface area (Å²) in [6, 6.07) is 8.09. The molecule has 1 fully saturated rings. The van der Waals surface area contributed by atoms with Crippen molar-refractivity contribution in [1.82, 2.24) is 4.98 Å². The fourth-order valence-electron chi connectivity index (χ4n) is 2.27. The van der Waals surface area contributed by atoms with Gasteiger partial charge >= 0.3 is 5.97 Å². The Bertz CT molecular complexity index is 629. The first-order chi connectivity index (χ1) is 9.20. The lowest BCUT2D eigenvalue weighted by Gasteiger charge is -2.03. The van der Waals surface area contributed by atoms with Crippen molar-refractivity contribution in [3.8, 4) is 10.6 Å². The molecule has 19 heavy (non-hydrogen) atoms. The third kappa shape index (κ3) is 2.28. The van der Waals surface area contributed by atoms with E-state index in [0.717, 1.165) is 35.5 Å². The second-order valence-corrected chi connectivity index (χ2v) is 5.82. The Morgan fingerprint density at radius 1 is 1.42 bits per heavy atom. The van der Waals surface area contributed by atoms with Crippen LogP contribution in [-0.2, 0) is 6.42 Å². The fraction of sp³-hybridized carbons (Fsp3) is 0.333. The summed E-state index contributed by atoms with van der Waals surface area (Å²) >= 11 is 1.31. The molecule has 1 saturated carbocycles. The SMILES string of the molecule is CCc1ccccc1-c1nc(C2CC2)c(C(=O)O)s1. The van der Waals surface area contributed by atoms with Gasteiger partial charge < -0.3 is 5.11 Å². The minimum absolute atomic E-state index is 0.366. The quantitative estimate of drug-likeness (QED) is 0.917. The third-order valence-corrected chi connectivity index (χ3v) is 4.53. The summed E-state index contributed by atoms with van der Waals surface area (Å²) in [6.45, 7) is 2.10. The molecular formula is C15H15NO2S. The van der Waals surface area contributed by atoms with Crippen molar-refractivity contribution in [3.05, 3.63) is 40.4 Å². The van der Waals surface area contributed by atoms with Gasteiger partial charge in [0.05, 0.1) is 5.69 Å². The van der Waals surface area contributed by atoms with Gasteiger partial charge in [-0.25, -0.2) is 9.78 Å². The molecule has 4 heteroatoms. The first kappa shape index (κ1) is 12.4. The lowest BCUT2D eigenvalue weighted by Crippen LogP contribution is -1.97. The number of benzene rings is 1. The lowest BCUT2D eigenvalue weighted by molar-refractivity contribution is 0.0700. The topological polar surface area (TPSA) is 50.2 Å². The monoisotopic (exact) mass is 273 g/mol. The molecule has 1 heterocycles. The molecule has 3 nitrogen and oxygen atoms in total. The van der Waals surface area contributed by atoms with Gasteiger partial charge in [-0.3, -0.25) is 0 Å². The molecule has 1 aromatic carbocycles. The number of aromatic nitrogens is 1. The highest BCUT2D eigenvalue weighted by Crippen LogP contribution is 2.44. The van der Waals surface area contributed by atoms with Crippen molar-refractivity contribution in [3.63, 3.8) is 0 Å². The molecule has 0 unspecified atom stereocenters. The van der Waals surface area contributed by atoms with Gasteiger partial charge in [0.25, 0.3) is 0 Å². The number of thiazole rings is 1. The number of rotatable bonds is 4. The zero-order valence-electron chi connectivity index (χ0n) is 10.7. The lowest BCUT2D eigenvalue weighted by atomic mass is 10.1. The third-order valence-electron chi connectivity index (χ3n) is 3.44. The van der Waals surface area contributed by atoms with Gasteiger partial charge in [-0.2, -0.15) is 0 Å². The van der Waals surface area contributed by atoms with Gasteiger partial charge in [0, 0.05) is 11.5 Å². The molecule has 0 amide bonds. The van der Waals surface area contributed by atoms with E-state index in [0.29, 0.717) is 10.8 Å². The number of nitrogens with zero attached hydrogens (tertiary/aromatic N) is 1. The Balaban J connectivity index is 2.10. The van der Waals surface area contributed by atoms with Gasteiger partial charge in [-0.1, -0.05) is 31.2 Å². The average molecular weight is 273 g/mol. The maximum Gasteiger partial charge on any atom is 0.347 e. The largest absolute Gasteiger partial charge is 0.477 e. The average Bonchev–Trinajstić information content (AvgIpc) is 3.17. The van der Waals surface area contributed by atoms with Gasteiger partial charge in [0.15, 0.2) is 0 Å². The molecular weight excluding hydrogens is 258 g/mol. The second kappa shape index (κ2) is 4.78. The van der Waals surface area contributed by atoms with Crippen LogP contribution in [0.2, 0.25) is 0 Å². The highest BCUT2D eigenvalue weighted by Gasteiger charge is 2.32. The number of aryl methyl sites for hydroxylation is 1. The Kier molecular flexibility index (Phi) is 3.11. The molecule has 1 aliphatic carbocycles. The molecule has 0 saturated heterocycles. The fourth-order valence-corrected chi connectivity index (χ4v) is 3.32. The molecule has 0 bridgehead atoms. The van der Waals surface area contributed by atoms with E-state index in [1.807, 2.05) is 18.2 Å². The first-order valence-electron chi connectivity index (χ1n) is 6.53. The highest BCUT2D eigenvalue weighted by molar-refractivity contribution is 7.17. The van der Waals surface area contributed by atoms with Crippen LogP contribution in [0.1, 0.15) is 46.6 Å². The molecule has 98 valence electrons. The van der Waals surface area contributed by atoms with Crippen LogP contribution in [0, 0.1) is 0 Å². The van der Waals surface area contributed by atoms with Crippen molar-refractivity contribution < 1.29 is 9.90 Å². The van der Waals surface area contributed by atoms with E-state index in [1.165, 1.54) is 16.9 Å². The number of aromatic carboxylic acids is 1. The summed E-state index contributed by atoms with van der Waals surface area (Å²) in [6.07, 6.45) is 3.06. The standard InChI is InChI=1S/C15H15NO2S/c1-2-9-5-3-4-6-11(9)14-16-12(10-7-8-10)13(19-14)15(17)18/h3-6,10H,2,7-8H2,1H3,(H,17,18). The minimum Gasteiger partial charge on any atom is -0.477 e. The molecule has 1 aliphatic rings. The van der Waals surface area contributed by atoms with Crippen LogP contribution in [-0.4, -0.2) is 16.1 Å². The van der Waals surface area contributed by atoms with Gasteiger partial charge in [-0.15, -0.1) is 11.3 Å². The summed E-state index contributed by atoms with van der Waals surface area (Å²) in [4.78, 5) is 16.4. The van der Waals surface area contributed by atoms with E-state index in [9.17, 15) is 9.90 Å². The Morgan fingerprint density at radius 2 is 2.16 bits per heavy atom. The van der Waals surface area contributed by atoms with E-state index < -0.39 is 5.97 Å². The van der Waals surface area contributed by atoms with Crippen LogP contribution >= 0.6 is 11.3 Å². The molecule has 1 N–H and O–H groups in total. The zero-order chi connectivity index (χ0) is 13.4. The van der Waals surface area contributed by atoms with Crippen LogP contribution < -0.4 is 0 Å². The summed E-state index contributed by atoms with van der Waals surface area (Å²) in [7, 11) is 0. The van der Waals surface area contributed by atoms with Crippen molar-refractivity contribution in [2.24, 2.45) is 0 Å².